The summed E-state index contributed by atoms with van der Waals surface area (Å²) < 4.78 is 0. The summed E-state index contributed by atoms with van der Waals surface area (Å²) in [5, 5.41) is 10.8. The van der Waals surface area contributed by atoms with Gasteiger partial charge in [-0.2, -0.15) is 0 Å². The molecule has 4 rings (SSSR count). The molecule has 0 radical (unpaired) electrons. The molecule has 0 amide bonds. The first-order valence-corrected chi connectivity index (χ1v) is 9.46. The predicted octanol–water partition coefficient (Wildman–Crippen LogP) is 4.13. The highest BCUT2D eigenvalue weighted by atomic mass is 16.3. The van der Waals surface area contributed by atoms with E-state index in [1.807, 2.05) is 6.08 Å². The van der Waals surface area contributed by atoms with Gasteiger partial charge in [-0.3, -0.25) is 4.79 Å². The molecule has 0 saturated heterocycles. The Balaban J connectivity index is 1.62. The van der Waals surface area contributed by atoms with E-state index < -0.39 is 0 Å². The zero-order valence-corrected chi connectivity index (χ0v) is 14.1. The van der Waals surface area contributed by atoms with Crippen molar-refractivity contribution in [2.24, 2.45) is 35.0 Å². The molecule has 3 fully saturated rings. The van der Waals surface area contributed by atoms with Crippen molar-refractivity contribution >= 4 is 5.78 Å². The fourth-order valence-electron chi connectivity index (χ4n) is 6.72. The van der Waals surface area contributed by atoms with Crippen LogP contribution in [0.25, 0.3) is 0 Å². The van der Waals surface area contributed by atoms with Crippen molar-refractivity contribution in [1.82, 2.24) is 0 Å². The quantitative estimate of drug-likeness (QED) is 0.791. The summed E-state index contributed by atoms with van der Waals surface area (Å²) in [4.78, 5) is 11.7. The lowest BCUT2D eigenvalue weighted by atomic mass is 9.52. The number of rotatable bonds is 1. The minimum absolute atomic E-state index is 0.0895. The molecule has 0 unspecified atom stereocenters. The molecule has 1 N–H and O–H groups in total. The number of hydrogen-bond donors (Lipinski definition) is 1. The fraction of sp³-hybridized carbons (Fsp3) is 0.850. The standard InChI is InChI=1S/C20H30O2/c1-3-12-11-18-17-6-4-13-10-14(21)5-7-15(13)16(17)8-9-20(18,2)19(12)22/h10,12,15-19,22H,3-9,11H2,1-2H3/t12-,15-,16+,17+,18-,19-,20-/m0/s1. The van der Waals surface area contributed by atoms with E-state index in [4.69, 9.17) is 0 Å². The van der Waals surface area contributed by atoms with Crippen LogP contribution in [-0.4, -0.2) is 17.0 Å². The van der Waals surface area contributed by atoms with Crippen LogP contribution in [0.1, 0.15) is 65.2 Å². The van der Waals surface area contributed by atoms with E-state index in [0.717, 1.165) is 37.5 Å². The molecule has 0 bridgehead atoms. The maximum absolute atomic E-state index is 11.7. The Morgan fingerprint density at radius 1 is 1.23 bits per heavy atom. The number of allylic oxidation sites excluding steroid dienone is 1. The Morgan fingerprint density at radius 3 is 2.82 bits per heavy atom. The molecule has 22 heavy (non-hydrogen) atoms. The summed E-state index contributed by atoms with van der Waals surface area (Å²) >= 11 is 0. The van der Waals surface area contributed by atoms with Crippen molar-refractivity contribution in [3.05, 3.63) is 11.6 Å². The lowest BCUT2D eigenvalue weighted by Gasteiger charge is -2.53. The molecular formula is C20H30O2. The molecule has 7 atom stereocenters. The molecule has 0 aromatic rings. The van der Waals surface area contributed by atoms with Gasteiger partial charge in [0.15, 0.2) is 5.78 Å². The fourth-order valence-corrected chi connectivity index (χ4v) is 6.72. The van der Waals surface area contributed by atoms with Crippen molar-refractivity contribution in [2.75, 3.05) is 0 Å². The molecule has 0 heterocycles. The largest absolute Gasteiger partial charge is 0.392 e. The maximum atomic E-state index is 11.7. The minimum atomic E-state index is -0.0895. The minimum Gasteiger partial charge on any atom is -0.392 e. The maximum Gasteiger partial charge on any atom is 0.155 e. The second-order valence-corrected chi connectivity index (χ2v) is 8.70. The van der Waals surface area contributed by atoms with Gasteiger partial charge in [0, 0.05) is 6.42 Å². The normalized spacial score (nSPS) is 50.9. The van der Waals surface area contributed by atoms with Crippen LogP contribution in [0.3, 0.4) is 0 Å². The summed E-state index contributed by atoms with van der Waals surface area (Å²) in [6, 6.07) is 0. The number of carbonyl (C=O) groups excluding carboxylic acids is 1. The molecule has 2 nitrogen and oxygen atoms in total. The molecule has 4 aliphatic rings. The summed E-state index contributed by atoms with van der Waals surface area (Å²) in [5.41, 5.74) is 1.62. The summed E-state index contributed by atoms with van der Waals surface area (Å²) in [6.45, 7) is 4.60. The molecule has 122 valence electrons. The van der Waals surface area contributed by atoms with E-state index in [1.54, 1.807) is 0 Å². The molecule has 4 aliphatic carbocycles. The number of aliphatic hydroxyl groups excluding tert-OH is 1. The topological polar surface area (TPSA) is 37.3 Å². The van der Waals surface area contributed by atoms with Crippen LogP contribution >= 0.6 is 0 Å². The first-order chi connectivity index (χ1) is 10.5. The van der Waals surface area contributed by atoms with Gasteiger partial charge in [-0.05, 0) is 79.6 Å². The molecule has 0 aromatic heterocycles. The number of fused-ring (bicyclic) bond motifs is 5. The summed E-state index contributed by atoms with van der Waals surface area (Å²) in [5.74, 6) is 3.84. The van der Waals surface area contributed by atoms with Gasteiger partial charge < -0.3 is 5.11 Å². The zero-order chi connectivity index (χ0) is 15.5. The van der Waals surface area contributed by atoms with Gasteiger partial charge >= 0.3 is 0 Å². The molecule has 3 saturated carbocycles. The van der Waals surface area contributed by atoms with E-state index in [-0.39, 0.29) is 11.5 Å². The third-order valence-electron chi connectivity index (χ3n) is 7.94. The molecule has 2 heteroatoms. The van der Waals surface area contributed by atoms with Gasteiger partial charge in [0.2, 0.25) is 0 Å². The van der Waals surface area contributed by atoms with Crippen LogP contribution in [0, 0.1) is 35.0 Å². The van der Waals surface area contributed by atoms with Crippen LogP contribution in [0.5, 0.6) is 0 Å². The van der Waals surface area contributed by atoms with Crippen molar-refractivity contribution in [2.45, 2.75) is 71.3 Å². The third-order valence-corrected chi connectivity index (χ3v) is 7.94. The van der Waals surface area contributed by atoms with Gasteiger partial charge in [0.1, 0.15) is 0 Å². The van der Waals surface area contributed by atoms with Gasteiger partial charge in [-0.15, -0.1) is 0 Å². The van der Waals surface area contributed by atoms with Crippen LogP contribution in [0.2, 0.25) is 0 Å². The van der Waals surface area contributed by atoms with E-state index in [9.17, 15) is 9.90 Å². The summed E-state index contributed by atoms with van der Waals surface area (Å²) in [7, 11) is 0. The van der Waals surface area contributed by atoms with Crippen molar-refractivity contribution in [1.29, 1.82) is 0 Å². The number of aliphatic hydroxyl groups is 1. The van der Waals surface area contributed by atoms with E-state index in [1.165, 1.54) is 31.3 Å². The molecule has 0 aliphatic heterocycles. The van der Waals surface area contributed by atoms with E-state index >= 15 is 0 Å². The highest BCUT2D eigenvalue weighted by Gasteiger charge is 2.58. The molecule has 0 spiro atoms. The number of ketones is 1. The van der Waals surface area contributed by atoms with E-state index in [2.05, 4.69) is 13.8 Å². The van der Waals surface area contributed by atoms with Crippen LogP contribution in [0.15, 0.2) is 11.6 Å². The van der Waals surface area contributed by atoms with Gasteiger partial charge in [0.25, 0.3) is 0 Å². The average Bonchev–Trinajstić information content (AvgIpc) is 2.78. The Labute approximate surface area is 134 Å². The van der Waals surface area contributed by atoms with Crippen molar-refractivity contribution in [3.8, 4) is 0 Å². The Bertz CT molecular complexity index is 508. The van der Waals surface area contributed by atoms with Gasteiger partial charge in [-0.1, -0.05) is 25.8 Å². The highest BCUT2D eigenvalue weighted by molar-refractivity contribution is 5.91. The summed E-state index contributed by atoms with van der Waals surface area (Å²) in [6.07, 6.45) is 10.9. The lowest BCUT2D eigenvalue weighted by Crippen LogP contribution is -2.47. The molecular weight excluding hydrogens is 272 g/mol. The second kappa shape index (κ2) is 5.19. The predicted molar refractivity (Wildman–Crippen MR) is 87.3 cm³/mol. The zero-order valence-electron chi connectivity index (χ0n) is 14.1. The van der Waals surface area contributed by atoms with E-state index in [0.29, 0.717) is 23.5 Å². The Hall–Kier alpha value is -0.630. The van der Waals surface area contributed by atoms with Crippen LogP contribution < -0.4 is 0 Å². The number of carbonyl (C=O) groups is 1. The highest BCUT2D eigenvalue weighted by Crippen LogP contribution is 2.63. The van der Waals surface area contributed by atoms with Crippen molar-refractivity contribution in [3.63, 3.8) is 0 Å². The van der Waals surface area contributed by atoms with Gasteiger partial charge in [-0.25, -0.2) is 0 Å². The third kappa shape index (κ3) is 1.99. The second-order valence-electron chi connectivity index (χ2n) is 8.70. The Morgan fingerprint density at radius 2 is 2.05 bits per heavy atom. The van der Waals surface area contributed by atoms with Crippen molar-refractivity contribution < 1.29 is 9.90 Å². The SMILES string of the molecule is CC[C@H]1C[C@H]2[C@@H]3CCC4=CC(=O)CC[C@@H]4[C@H]3CC[C@]2(C)[C@H]1O. The first-order valence-electron chi connectivity index (χ1n) is 9.46. The smallest absolute Gasteiger partial charge is 0.155 e. The number of hydrogen-bond acceptors (Lipinski definition) is 2. The van der Waals surface area contributed by atoms with Crippen LogP contribution in [-0.2, 0) is 4.79 Å². The van der Waals surface area contributed by atoms with Gasteiger partial charge in [0.05, 0.1) is 6.10 Å². The average molecular weight is 302 g/mol. The Kier molecular flexibility index (Phi) is 3.52. The lowest BCUT2D eigenvalue weighted by molar-refractivity contribution is -0.116. The monoisotopic (exact) mass is 302 g/mol. The van der Waals surface area contributed by atoms with Crippen LogP contribution in [0.4, 0.5) is 0 Å². The first kappa shape index (κ1) is 14.9. The molecule has 0 aromatic carbocycles.